The number of benzene rings is 1. The summed E-state index contributed by atoms with van der Waals surface area (Å²) in [6, 6.07) is 4.31. The predicted octanol–water partition coefficient (Wildman–Crippen LogP) is 2.61. The van der Waals surface area contributed by atoms with E-state index in [0.29, 0.717) is 11.5 Å². The van der Waals surface area contributed by atoms with Crippen molar-refractivity contribution < 1.29 is 14.0 Å². The minimum Gasteiger partial charge on any atom is -0.493 e. The molecule has 0 aliphatic carbocycles. The summed E-state index contributed by atoms with van der Waals surface area (Å²) in [6.45, 7) is 1.83. The lowest BCUT2D eigenvalue weighted by Gasteiger charge is -2.26. The van der Waals surface area contributed by atoms with Gasteiger partial charge in [-0.05, 0) is 25.0 Å². The lowest BCUT2D eigenvalue weighted by Crippen LogP contribution is -2.32. The minimum atomic E-state index is -0.317. The Morgan fingerprint density at radius 1 is 1.12 bits per heavy atom. The number of nitrogens with zero attached hydrogens (tertiary/aromatic N) is 1. The fraction of sp³-hybridized carbons (Fsp3) is 0.500. The maximum atomic E-state index is 13.0. The summed E-state index contributed by atoms with van der Waals surface area (Å²) in [4.78, 5) is 5.67. The average Bonchev–Trinajstić information content (AvgIpc) is 2.33. The molecule has 1 aromatic carbocycles. The Hall–Kier alpha value is -1.29. The zero-order valence-corrected chi connectivity index (χ0v) is 9.41. The molecule has 0 aromatic heterocycles. The molecule has 0 radical (unpaired) electrons. The molecule has 1 aliphatic heterocycles. The Labute approximate surface area is 94.7 Å². The van der Waals surface area contributed by atoms with Gasteiger partial charge in [0.2, 0.25) is 0 Å². The van der Waals surface area contributed by atoms with Gasteiger partial charge in [-0.25, -0.2) is 4.39 Å². The van der Waals surface area contributed by atoms with Crippen LogP contribution in [0.1, 0.15) is 19.3 Å². The lowest BCUT2D eigenvalue weighted by molar-refractivity contribution is -0.0736. The molecule has 1 saturated heterocycles. The van der Waals surface area contributed by atoms with Crippen molar-refractivity contribution in [3.05, 3.63) is 24.0 Å². The zero-order valence-electron chi connectivity index (χ0n) is 9.41. The van der Waals surface area contributed by atoms with Crippen LogP contribution in [0.2, 0.25) is 0 Å². The van der Waals surface area contributed by atoms with E-state index in [0.717, 1.165) is 25.9 Å². The van der Waals surface area contributed by atoms with Gasteiger partial charge in [-0.15, -0.1) is 5.06 Å². The molecule has 16 heavy (non-hydrogen) atoms. The van der Waals surface area contributed by atoms with Gasteiger partial charge in [0.1, 0.15) is 5.82 Å². The van der Waals surface area contributed by atoms with Gasteiger partial charge in [0.05, 0.1) is 7.11 Å². The van der Waals surface area contributed by atoms with Crippen LogP contribution in [-0.4, -0.2) is 25.3 Å². The molecule has 0 amide bonds. The maximum absolute atomic E-state index is 13.0. The van der Waals surface area contributed by atoms with Crippen molar-refractivity contribution in [2.24, 2.45) is 0 Å². The number of hydrogen-bond acceptors (Lipinski definition) is 3. The standard InChI is InChI=1S/C12H16FNO2/c1-15-12-9-10(13)5-6-11(12)16-14-7-3-2-4-8-14/h5-6,9H,2-4,7-8H2,1H3. The van der Waals surface area contributed by atoms with Crippen molar-refractivity contribution in [3.63, 3.8) is 0 Å². The Bertz CT molecular complexity index is 351. The molecule has 0 saturated carbocycles. The molecule has 1 fully saturated rings. The molecule has 0 bridgehead atoms. The first kappa shape index (κ1) is 11.2. The smallest absolute Gasteiger partial charge is 0.189 e. The van der Waals surface area contributed by atoms with Gasteiger partial charge in [0, 0.05) is 19.2 Å². The Kier molecular flexibility index (Phi) is 3.62. The molecule has 1 aliphatic rings. The molecular formula is C12H16FNO2. The molecule has 1 aromatic rings. The topological polar surface area (TPSA) is 21.7 Å². The van der Waals surface area contributed by atoms with E-state index in [1.165, 1.54) is 25.7 Å². The van der Waals surface area contributed by atoms with Crippen LogP contribution < -0.4 is 9.57 Å². The maximum Gasteiger partial charge on any atom is 0.189 e. The number of rotatable bonds is 3. The first-order chi connectivity index (χ1) is 7.79. The molecule has 0 N–H and O–H groups in total. The summed E-state index contributed by atoms with van der Waals surface area (Å²) < 4.78 is 18.0. The van der Waals surface area contributed by atoms with Gasteiger partial charge in [-0.3, -0.25) is 0 Å². The van der Waals surface area contributed by atoms with Gasteiger partial charge < -0.3 is 9.57 Å². The van der Waals surface area contributed by atoms with Crippen molar-refractivity contribution in [1.29, 1.82) is 0 Å². The highest BCUT2D eigenvalue weighted by atomic mass is 19.1. The SMILES string of the molecule is COc1cc(F)ccc1ON1CCCCC1. The van der Waals surface area contributed by atoms with E-state index in [9.17, 15) is 4.39 Å². The largest absolute Gasteiger partial charge is 0.493 e. The normalized spacial score (nSPS) is 17.1. The van der Waals surface area contributed by atoms with Crippen LogP contribution in [-0.2, 0) is 0 Å². The fourth-order valence-electron chi connectivity index (χ4n) is 1.81. The van der Waals surface area contributed by atoms with Crippen LogP contribution in [0.4, 0.5) is 4.39 Å². The second kappa shape index (κ2) is 5.16. The highest BCUT2D eigenvalue weighted by Crippen LogP contribution is 2.28. The number of hydrogen-bond donors (Lipinski definition) is 0. The number of hydroxylamine groups is 2. The van der Waals surface area contributed by atoms with E-state index < -0.39 is 0 Å². The van der Waals surface area contributed by atoms with Gasteiger partial charge in [-0.2, -0.15) is 0 Å². The molecule has 88 valence electrons. The van der Waals surface area contributed by atoms with Crippen LogP contribution in [0.25, 0.3) is 0 Å². The van der Waals surface area contributed by atoms with Crippen molar-refractivity contribution in [2.45, 2.75) is 19.3 Å². The Morgan fingerprint density at radius 2 is 1.88 bits per heavy atom. The van der Waals surface area contributed by atoms with E-state index >= 15 is 0 Å². The number of piperidine rings is 1. The van der Waals surface area contributed by atoms with Crippen molar-refractivity contribution in [2.75, 3.05) is 20.2 Å². The highest BCUT2D eigenvalue weighted by molar-refractivity contribution is 5.39. The number of methoxy groups -OCH3 is 1. The lowest BCUT2D eigenvalue weighted by atomic mass is 10.2. The third-order valence-corrected chi connectivity index (χ3v) is 2.67. The number of ether oxygens (including phenoxy) is 1. The summed E-state index contributed by atoms with van der Waals surface area (Å²) in [5.74, 6) is 0.694. The van der Waals surface area contributed by atoms with Crippen LogP contribution in [0.15, 0.2) is 18.2 Å². The third-order valence-electron chi connectivity index (χ3n) is 2.67. The van der Waals surface area contributed by atoms with E-state index in [4.69, 9.17) is 9.57 Å². The molecule has 0 atom stereocenters. The van der Waals surface area contributed by atoms with Gasteiger partial charge in [0.25, 0.3) is 0 Å². The van der Waals surface area contributed by atoms with Gasteiger partial charge >= 0.3 is 0 Å². The predicted molar refractivity (Wildman–Crippen MR) is 59.0 cm³/mol. The van der Waals surface area contributed by atoms with Gasteiger partial charge in [0.15, 0.2) is 11.5 Å². The molecule has 2 rings (SSSR count). The van der Waals surface area contributed by atoms with E-state index in [-0.39, 0.29) is 5.82 Å². The fourth-order valence-corrected chi connectivity index (χ4v) is 1.81. The van der Waals surface area contributed by atoms with E-state index in [1.807, 2.05) is 5.06 Å². The highest BCUT2D eigenvalue weighted by Gasteiger charge is 2.14. The summed E-state index contributed by atoms with van der Waals surface area (Å²) in [5, 5.41) is 1.90. The van der Waals surface area contributed by atoms with Crippen LogP contribution in [0, 0.1) is 5.82 Å². The summed E-state index contributed by atoms with van der Waals surface area (Å²) in [7, 11) is 1.51. The van der Waals surface area contributed by atoms with Crippen molar-refractivity contribution in [1.82, 2.24) is 5.06 Å². The van der Waals surface area contributed by atoms with Crippen LogP contribution in [0.5, 0.6) is 11.5 Å². The average molecular weight is 225 g/mol. The molecule has 0 unspecified atom stereocenters. The summed E-state index contributed by atoms with van der Waals surface area (Å²) in [5.41, 5.74) is 0. The molecule has 3 nitrogen and oxygen atoms in total. The van der Waals surface area contributed by atoms with E-state index in [1.54, 1.807) is 6.07 Å². The summed E-state index contributed by atoms with van der Waals surface area (Å²) in [6.07, 6.45) is 3.54. The number of halogens is 1. The Morgan fingerprint density at radius 3 is 2.56 bits per heavy atom. The quantitative estimate of drug-likeness (QED) is 0.789. The monoisotopic (exact) mass is 225 g/mol. The van der Waals surface area contributed by atoms with E-state index in [2.05, 4.69) is 0 Å². The van der Waals surface area contributed by atoms with Crippen LogP contribution >= 0.6 is 0 Å². The van der Waals surface area contributed by atoms with Crippen molar-refractivity contribution >= 4 is 0 Å². The van der Waals surface area contributed by atoms with Crippen LogP contribution in [0.3, 0.4) is 0 Å². The summed E-state index contributed by atoms with van der Waals surface area (Å²) >= 11 is 0. The zero-order chi connectivity index (χ0) is 11.4. The second-order valence-electron chi connectivity index (χ2n) is 3.88. The molecule has 4 heteroatoms. The molecular weight excluding hydrogens is 209 g/mol. The van der Waals surface area contributed by atoms with Gasteiger partial charge in [-0.1, -0.05) is 6.42 Å². The second-order valence-corrected chi connectivity index (χ2v) is 3.88. The Balaban J connectivity index is 2.07. The first-order valence-electron chi connectivity index (χ1n) is 5.56. The first-order valence-corrected chi connectivity index (χ1v) is 5.56. The van der Waals surface area contributed by atoms with Crippen molar-refractivity contribution in [3.8, 4) is 11.5 Å². The molecule has 0 spiro atoms. The third kappa shape index (κ3) is 2.64. The minimum absolute atomic E-state index is 0.317. The molecule has 1 heterocycles.